The van der Waals surface area contributed by atoms with Crippen LogP contribution >= 0.6 is 0 Å². The van der Waals surface area contributed by atoms with Gasteiger partial charge in [-0.3, -0.25) is 0 Å². The Labute approximate surface area is 145 Å². The van der Waals surface area contributed by atoms with Crippen LogP contribution in [0.5, 0.6) is 5.88 Å². The average molecular weight is 325 g/mol. The lowest BCUT2D eigenvalue weighted by Gasteiger charge is -2.16. The molecule has 2 aromatic rings. The first-order valence-corrected chi connectivity index (χ1v) is 8.42. The van der Waals surface area contributed by atoms with Crippen molar-refractivity contribution in [2.45, 2.75) is 40.2 Å². The molecule has 128 valence electrons. The molecule has 4 heteroatoms. The number of pyridine rings is 1. The quantitative estimate of drug-likeness (QED) is 0.562. The van der Waals surface area contributed by atoms with Gasteiger partial charge in [-0.1, -0.05) is 24.3 Å². The lowest BCUT2D eigenvalue weighted by atomic mass is 10.0. The van der Waals surface area contributed by atoms with Crippen molar-refractivity contribution < 1.29 is 4.74 Å². The highest BCUT2D eigenvalue weighted by Gasteiger charge is 2.09. The minimum Gasteiger partial charge on any atom is -0.474 e. The highest BCUT2D eigenvalue weighted by atomic mass is 16.5. The maximum Gasteiger partial charge on any atom is 0.213 e. The Balaban J connectivity index is 2.01. The molecule has 0 spiro atoms. The number of benzene rings is 1. The van der Waals surface area contributed by atoms with E-state index in [2.05, 4.69) is 55.0 Å². The van der Waals surface area contributed by atoms with Crippen LogP contribution in [-0.4, -0.2) is 35.9 Å². The molecule has 1 heterocycles. The van der Waals surface area contributed by atoms with Crippen molar-refractivity contribution in [3.8, 4) is 5.88 Å². The second-order valence-electron chi connectivity index (χ2n) is 6.13. The fourth-order valence-corrected chi connectivity index (χ4v) is 2.37. The topological polar surface area (TPSA) is 37.7 Å². The zero-order chi connectivity index (χ0) is 17.5. The summed E-state index contributed by atoms with van der Waals surface area (Å²) in [7, 11) is 2.00. The first-order chi connectivity index (χ1) is 11.5. The monoisotopic (exact) mass is 325 g/mol. The smallest absolute Gasteiger partial charge is 0.213 e. The summed E-state index contributed by atoms with van der Waals surface area (Å²) >= 11 is 0. The minimum atomic E-state index is 0.0681. The second-order valence-corrected chi connectivity index (χ2v) is 6.13. The van der Waals surface area contributed by atoms with Crippen LogP contribution < -0.4 is 4.74 Å². The SMILES string of the molecule is CCN(C)C=Nc1ccc(OC(C)Cc2ccccc2C)nc1C. The summed E-state index contributed by atoms with van der Waals surface area (Å²) in [6, 6.07) is 12.3. The average Bonchev–Trinajstić information content (AvgIpc) is 2.56. The number of nitrogens with zero attached hydrogens (tertiary/aromatic N) is 3. The van der Waals surface area contributed by atoms with Gasteiger partial charge in [0.25, 0.3) is 0 Å². The van der Waals surface area contributed by atoms with Crippen LogP contribution in [0.4, 0.5) is 5.69 Å². The van der Waals surface area contributed by atoms with Gasteiger partial charge in [-0.05, 0) is 44.9 Å². The molecule has 0 N–H and O–H groups in total. The number of rotatable bonds is 7. The molecule has 4 nitrogen and oxygen atoms in total. The standard InChI is InChI=1S/C20H27N3O/c1-6-23(5)14-21-19-11-12-20(22-17(19)4)24-16(3)13-18-10-8-7-9-15(18)2/h7-12,14,16H,6,13H2,1-5H3. The third kappa shape index (κ3) is 5.08. The zero-order valence-electron chi connectivity index (χ0n) is 15.3. The molecular formula is C20H27N3O. The molecule has 0 bridgehead atoms. The first kappa shape index (κ1) is 18.0. The van der Waals surface area contributed by atoms with Gasteiger partial charge < -0.3 is 9.64 Å². The number of aromatic nitrogens is 1. The van der Waals surface area contributed by atoms with Crippen LogP contribution in [0.2, 0.25) is 0 Å². The van der Waals surface area contributed by atoms with E-state index in [0.29, 0.717) is 5.88 Å². The van der Waals surface area contributed by atoms with E-state index in [9.17, 15) is 0 Å². The summed E-state index contributed by atoms with van der Waals surface area (Å²) in [5.74, 6) is 0.649. The third-order valence-corrected chi connectivity index (χ3v) is 4.02. The summed E-state index contributed by atoms with van der Waals surface area (Å²) in [5.41, 5.74) is 4.35. The molecule has 1 atom stereocenters. The Kier molecular flexibility index (Phi) is 6.36. The van der Waals surface area contributed by atoms with E-state index in [1.54, 1.807) is 0 Å². The summed E-state index contributed by atoms with van der Waals surface area (Å²) in [5, 5.41) is 0. The van der Waals surface area contributed by atoms with Crippen LogP contribution in [0.1, 0.15) is 30.7 Å². The molecule has 0 fully saturated rings. The molecule has 1 aromatic heterocycles. The maximum absolute atomic E-state index is 5.98. The van der Waals surface area contributed by atoms with Crippen LogP contribution in [0.25, 0.3) is 0 Å². The van der Waals surface area contributed by atoms with Gasteiger partial charge in [0.15, 0.2) is 0 Å². The lowest BCUT2D eigenvalue weighted by molar-refractivity contribution is 0.212. The fourth-order valence-electron chi connectivity index (χ4n) is 2.37. The largest absolute Gasteiger partial charge is 0.474 e. The van der Waals surface area contributed by atoms with Crippen molar-refractivity contribution in [1.82, 2.24) is 9.88 Å². The van der Waals surface area contributed by atoms with Crippen molar-refractivity contribution in [2.24, 2.45) is 4.99 Å². The molecule has 0 saturated heterocycles. The summed E-state index contributed by atoms with van der Waals surface area (Å²) in [4.78, 5) is 11.0. The number of aliphatic imine (C=N–C) groups is 1. The number of hydrogen-bond acceptors (Lipinski definition) is 3. The third-order valence-electron chi connectivity index (χ3n) is 4.02. The van der Waals surface area contributed by atoms with Crippen molar-refractivity contribution in [1.29, 1.82) is 0 Å². The van der Waals surface area contributed by atoms with Gasteiger partial charge in [-0.15, -0.1) is 0 Å². The van der Waals surface area contributed by atoms with E-state index in [4.69, 9.17) is 4.74 Å². The molecule has 2 rings (SSSR count). The van der Waals surface area contributed by atoms with Crippen LogP contribution in [0, 0.1) is 13.8 Å². The Bertz CT molecular complexity index is 697. The molecule has 0 amide bonds. The van der Waals surface area contributed by atoms with Gasteiger partial charge in [-0.2, -0.15) is 0 Å². The Morgan fingerprint density at radius 3 is 2.62 bits per heavy atom. The molecule has 0 saturated carbocycles. The van der Waals surface area contributed by atoms with E-state index >= 15 is 0 Å². The Morgan fingerprint density at radius 2 is 1.96 bits per heavy atom. The summed E-state index contributed by atoms with van der Waals surface area (Å²) in [6.07, 6.45) is 2.76. The van der Waals surface area contributed by atoms with Gasteiger partial charge in [0.05, 0.1) is 17.7 Å². The van der Waals surface area contributed by atoms with Gasteiger partial charge in [-0.25, -0.2) is 9.98 Å². The summed E-state index contributed by atoms with van der Waals surface area (Å²) in [6.45, 7) is 9.17. The molecule has 0 radical (unpaired) electrons. The Hall–Kier alpha value is -2.36. The van der Waals surface area contributed by atoms with Crippen LogP contribution in [0.15, 0.2) is 41.4 Å². The van der Waals surface area contributed by atoms with Gasteiger partial charge >= 0.3 is 0 Å². The Morgan fingerprint density at radius 1 is 1.21 bits per heavy atom. The van der Waals surface area contributed by atoms with Crippen LogP contribution in [0.3, 0.4) is 0 Å². The van der Waals surface area contributed by atoms with Crippen LogP contribution in [-0.2, 0) is 6.42 Å². The molecule has 0 aliphatic heterocycles. The van der Waals surface area contributed by atoms with Gasteiger partial charge in [0.1, 0.15) is 6.10 Å². The molecule has 1 unspecified atom stereocenters. The van der Waals surface area contributed by atoms with Crippen molar-refractivity contribution >= 4 is 12.0 Å². The predicted molar refractivity (Wildman–Crippen MR) is 100 cm³/mol. The second kappa shape index (κ2) is 8.48. The molecule has 0 aliphatic carbocycles. The van der Waals surface area contributed by atoms with E-state index in [-0.39, 0.29) is 6.10 Å². The maximum atomic E-state index is 5.98. The normalized spacial score (nSPS) is 12.4. The minimum absolute atomic E-state index is 0.0681. The van der Waals surface area contributed by atoms with E-state index in [1.807, 2.05) is 37.3 Å². The van der Waals surface area contributed by atoms with Gasteiger partial charge in [0, 0.05) is 26.1 Å². The predicted octanol–water partition coefficient (Wildman–Crippen LogP) is 4.32. The molecule has 24 heavy (non-hydrogen) atoms. The van der Waals surface area contributed by atoms with Crippen molar-refractivity contribution in [3.05, 3.63) is 53.2 Å². The highest BCUT2D eigenvalue weighted by molar-refractivity contribution is 5.62. The highest BCUT2D eigenvalue weighted by Crippen LogP contribution is 2.21. The lowest BCUT2D eigenvalue weighted by Crippen LogP contribution is -2.16. The van der Waals surface area contributed by atoms with E-state index in [0.717, 1.165) is 24.3 Å². The first-order valence-electron chi connectivity index (χ1n) is 8.42. The molecule has 1 aromatic carbocycles. The number of aryl methyl sites for hydroxylation is 2. The van der Waals surface area contributed by atoms with E-state index in [1.165, 1.54) is 11.1 Å². The molecular weight excluding hydrogens is 298 g/mol. The zero-order valence-corrected chi connectivity index (χ0v) is 15.3. The van der Waals surface area contributed by atoms with Crippen molar-refractivity contribution in [2.75, 3.05) is 13.6 Å². The summed E-state index contributed by atoms with van der Waals surface area (Å²) < 4.78 is 5.98. The fraction of sp³-hybridized carbons (Fsp3) is 0.400. The van der Waals surface area contributed by atoms with Gasteiger partial charge in [0.2, 0.25) is 5.88 Å². The van der Waals surface area contributed by atoms with Crippen molar-refractivity contribution in [3.63, 3.8) is 0 Å². The van der Waals surface area contributed by atoms with E-state index < -0.39 is 0 Å². The number of ether oxygens (including phenoxy) is 1. The molecule has 0 aliphatic rings. The number of hydrogen-bond donors (Lipinski definition) is 0.